The highest BCUT2D eigenvalue weighted by molar-refractivity contribution is 5.56. The number of benzene rings is 6. The van der Waals surface area contributed by atoms with Crippen LogP contribution in [0.2, 0.25) is 0 Å². The van der Waals surface area contributed by atoms with Crippen molar-refractivity contribution in [2.45, 2.75) is 52.4 Å². The lowest BCUT2D eigenvalue weighted by Crippen LogP contribution is -2.25. The normalized spacial score (nSPS) is 11.3. The second-order valence-electron chi connectivity index (χ2n) is 12.6. The number of nitrogen functional groups attached to an aromatic ring is 3. The van der Waals surface area contributed by atoms with E-state index in [1.807, 2.05) is 91.0 Å². The van der Waals surface area contributed by atoms with Crippen molar-refractivity contribution in [3.63, 3.8) is 0 Å². The van der Waals surface area contributed by atoms with E-state index in [1.54, 1.807) is 0 Å². The minimum atomic E-state index is -0.515. The molecule has 0 heterocycles. The lowest BCUT2D eigenvalue weighted by Gasteiger charge is -2.32. The molecule has 0 saturated heterocycles. The van der Waals surface area contributed by atoms with Gasteiger partial charge in [-0.25, -0.2) is 0 Å². The molecule has 6 aromatic carbocycles. The number of hydrogen-bond acceptors (Lipinski definition) is 6. The minimum absolute atomic E-state index is 0.515. The van der Waals surface area contributed by atoms with Gasteiger partial charge < -0.3 is 31.4 Å². The molecule has 0 aliphatic carbocycles. The molecule has 254 valence electrons. The first-order valence-corrected chi connectivity index (χ1v) is 17.2. The van der Waals surface area contributed by atoms with E-state index in [2.05, 4.69) is 64.1 Å². The molecule has 6 N–H and O–H groups in total. The summed E-state index contributed by atoms with van der Waals surface area (Å²) in [7, 11) is 0. The highest BCUT2D eigenvalue weighted by atomic mass is 16.5. The predicted octanol–water partition coefficient (Wildman–Crippen LogP) is 10.9. The average Bonchev–Trinajstić information content (AvgIpc) is 3.14. The first-order valence-electron chi connectivity index (χ1n) is 17.2. The van der Waals surface area contributed by atoms with Gasteiger partial charge >= 0.3 is 0 Å². The number of aryl methyl sites for hydroxylation is 3. The third-order valence-electron chi connectivity index (χ3n) is 9.49. The van der Waals surface area contributed by atoms with Crippen molar-refractivity contribution in [1.29, 1.82) is 0 Å². The molecule has 6 heteroatoms. The Morgan fingerprint density at radius 3 is 0.860 bits per heavy atom. The first-order chi connectivity index (χ1) is 24.2. The second-order valence-corrected chi connectivity index (χ2v) is 12.6. The van der Waals surface area contributed by atoms with Gasteiger partial charge in [0.05, 0.1) is 0 Å². The summed E-state index contributed by atoms with van der Waals surface area (Å²) in [5.74, 6) is 4.53. The Bertz CT molecular complexity index is 1830. The fourth-order valence-corrected chi connectivity index (χ4v) is 6.33. The van der Waals surface area contributed by atoms with Crippen LogP contribution in [0.15, 0.2) is 127 Å². The van der Waals surface area contributed by atoms with Gasteiger partial charge in [0.15, 0.2) is 0 Å². The SMILES string of the molecule is CCc1cc(Oc2ccc(C(C)(c3ccc(Oc4ccc(N)c(CC)c4)cc3)c3ccc(Oc4ccc(N)c(CC)c4)cc3)cc2)ccc1N. The Morgan fingerprint density at radius 1 is 0.380 bits per heavy atom. The molecule has 0 fully saturated rings. The summed E-state index contributed by atoms with van der Waals surface area (Å²) in [6, 6.07) is 42.3. The first kappa shape index (κ1) is 34.0. The van der Waals surface area contributed by atoms with Crippen LogP contribution >= 0.6 is 0 Å². The van der Waals surface area contributed by atoms with Crippen molar-refractivity contribution >= 4 is 17.1 Å². The van der Waals surface area contributed by atoms with Gasteiger partial charge in [-0.1, -0.05) is 57.2 Å². The molecule has 6 aromatic rings. The zero-order valence-corrected chi connectivity index (χ0v) is 29.2. The summed E-state index contributed by atoms with van der Waals surface area (Å²) >= 11 is 0. The maximum Gasteiger partial charge on any atom is 0.127 e. The van der Waals surface area contributed by atoms with E-state index in [4.69, 9.17) is 31.4 Å². The van der Waals surface area contributed by atoms with Crippen LogP contribution < -0.4 is 31.4 Å². The molecule has 0 saturated carbocycles. The number of rotatable bonds is 12. The van der Waals surface area contributed by atoms with Crippen molar-refractivity contribution in [2.75, 3.05) is 17.2 Å². The zero-order chi connectivity index (χ0) is 35.3. The smallest absolute Gasteiger partial charge is 0.127 e. The monoisotopic (exact) mass is 663 g/mol. The molecule has 0 bridgehead atoms. The number of hydrogen-bond donors (Lipinski definition) is 3. The quantitative estimate of drug-likeness (QED) is 0.0889. The Morgan fingerprint density at radius 2 is 0.620 bits per heavy atom. The lowest BCUT2D eigenvalue weighted by molar-refractivity contribution is 0.480. The minimum Gasteiger partial charge on any atom is -0.457 e. The molecule has 0 radical (unpaired) electrons. The highest BCUT2D eigenvalue weighted by Crippen LogP contribution is 2.42. The van der Waals surface area contributed by atoms with Crippen molar-refractivity contribution in [3.8, 4) is 34.5 Å². The molecule has 0 spiro atoms. The maximum absolute atomic E-state index is 6.24. The Hall–Kier alpha value is -5.88. The molecule has 6 nitrogen and oxygen atoms in total. The molecule has 0 aliphatic heterocycles. The predicted molar refractivity (Wildman–Crippen MR) is 206 cm³/mol. The van der Waals surface area contributed by atoms with Gasteiger partial charge in [0.1, 0.15) is 34.5 Å². The van der Waals surface area contributed by atoms with Crippen LogP contribution in [0.3, 0.4) is 0 Å². The zero-order valence-electron chi connectivity index (χ0n) is 29.2. The third-order valence-corrected chi connectivity index (χ3v) is 9.49. The number of nitrogens with two attached hydrogens (primary N) is 3. The van der Waals surface area contributed by atoms with E-state index in [0.29, 0.717) is 0 Å². The summed E-state index contributed by atoms with van der Waals surface area (Å²) in [4.78, 5) is 0. The number of ether oxygens (including phenoxy) is 3. The second kappa shape index (κ2) is 14.7. The van der Waals surface area contributed by atoms with Crippen LogP contribution in [0.5, 0.6) is 34.5 Å². The summed E-state index contributed by atoms with van der Waals surface area (Å²) in [5, 5.41) is 0. The summed E-state index contributed by atoms with van der Waals surface area (Å²) < 4.78 is 18.7. The van der Waals surface area contributed by atoms with Gasteiger partial charge in [-0.2, -0.15) is 0 Å². The van der Waals surface area contributed by atoms with E-state index in [-0.39, 0.29) is 0 Å². The van der Waals surface area contributed by atoms with Crippen LogP contribution in [0.4, 0.5) is 17.1 Å². The van der Waals surface area contributed by atoms with E-state index < -0.39 is 5.41 Å². The van der Waals surface area contributed by atoms with Gasteiger partial charge in [0.25, 0.3) is 0 Å². The van der Waals surface area contributed by atoms with Crippen LogP contribution in [0.25, 0.3) is 0 Å². The number of anilines is 3. The molecular formula is C44H45N3O3. The summed E-state index contributed by atoms with van der Waals surface area (Å²) in [6.07, 6.45) is 2.52. The third kappa shape index (κ3) is 7.25. The Labute approximate surface area is 295 Å². The topological polar surface area (TPSA) is 106 Å². The molecule has 0 atom stereocenters. The van der Waals surface area contributed by atoms with Gasteiger partial charge in [-0.15, -0.1) is 0 Å². The van der Waals surface area contributed by atoms with E-state index in [9.17, 15) is 0 Å². The van der Waals surface area contributed by atoms with Crippen LogP contribution in [0.1, 0.15) is 61.1 Å². The van der Waals surface area contributed by atoms with Gasteiger partial charge in [0, 0.05) is 22.5 Å². The maximum atomic E-state index is 6.24. The highest BCUT2D eigenvalue weighted by Gasteiger charge is 2.31. The molecule has 6 rings (SSSR count). The van der Waals surface area contributed by atoms with Crippen LogP contribution in [-0.2, 0) is 24.7 Å². The van der Waals surface area contributed by atoms with Crippen LogP contribution in [-0.4, -0.2) is 0 Å². The fourth-order valence-electron chi connectivity index (χ4n) is 6.33. The molecule has 0 aromatic heterocycles. The van der Waals surface area contributed by atoms with Crippen molar-refractivity contribution in [3.05, 3.63) is 161 Å². The van der Waals surface area contributed by atoms with E-state index in [0.717, 1.165) is 104 Å². The largest absolute Gasteiger partial charge is 0.457 e. The van der Waals surface area contributed by atoms with Crippen molar-refractivity contribution in [2.24, 2.45) is 0 Å². The molecule has 0 amide bonds. The van der Waals surface area contributed by atoms with Gasteiger partial charge in [-0.05, 0) is 151 Å². The molecule has 0 aliphatic rings. The molecule has 50 heavy (non-hydrogen) atoms. The average molecular weight is 664 g/mol. The van der Waals surface area contributed by atoms with Gasteiger partial charge in [-0.3, -0.25) is 0 Å². The summed E-state index contributed by atoms with van der Waals surface area (Å²) in [5.41, 5.74) is 26.7. The van der Waals surface area contributed by atoms with Crippen LogP contribution in [0, 0.1) is 0 Å². The van der Waals surface area contributed by atoms with Crippen molar-refractivity contribution in [1.82, 2.24) is 0 Å². The molecule has 0 unspecified atom stereocenters. The van der Waals surface area contributed by atoms with E-state index >= 15 is 0 Å². The van der Waals surface area contributed by atoms with Gasteiger partial charge in [0.2, 0.25) is 0 Å². The Kier molecular flexibility index (Phi) is 10.0. The van der Waals surface area contributed by atoms with E-state index in [1.165, 1.54) is 0 Å². The standard InChI is InChI=1S/C44H45N3O3/c1-5-29-26-38(20-23-41(29)45)48-35-14-8-32(9-15-35)44(4,33-10-16-36(17-11-33)49-39-21-24-42(46)30(6-2)27-39)34-12-18-37(19-13-34)50-40-22-25-43(47)31(7-3)28-40/h8-28H,5-7,45-47H2,1-4H3. The lowest BCUT2D eigenvalue weighted by atomic mass is 9.71. The van der Waals surface area contributed by atoms with Crippen molar-refractivity contribution < 1.29 is 14.2 Å². The summed E-state index contributed by atoms with van der Waals surface area (Å²) in [6.45, 7) is 8.50. The molecular weight excluding hydrogens is 619 g/mol. The Balaban J connectivity index is 1.32. The fraction of sp³-hybridized carbons (Fsp3) is 0.182.